The van der Waals surface area contributed by atoms with Gasteiger partial charge in [-0.2, -0.15) is 45.3 Å². The third-order valence-electron chi connectivity index (χ3n) is 15.9. The predicted octanol–water partition coefficient (Wildman–Crippen LogP) is 6.78. The number of carbonyl (C=O) groups is 4. The minimum atomic E-state index is -4.63. The molecule has 4 aromatic rings. The molecule has 4 aliphatic heterocycles. The minimum Gasteiger partial charge on any atom is -0.481 e. The van der Waals surface area contributed by atoms with Gasteiger partial charge in [-0.3, -0.25) is 18.9 Å². The molecule has 4 aliphatic rings. The maximum absolute atomic E-state index is 13.9. The van der Waals surface area contributed by atoms with E-state index in [0.717, 1.165) is 68.2 Å². The van der Waals surface area contributed by atoms with Crippen molar-refractivity contribution in [3.05, 3.63) is 106 Å². The topological polar surface area (TPSA) is 355 Å². The third-order valence-corrected chi connectivity index (χ3v) is 16.4. The fourth-order valence-corrected chi connectivity index (χ4v) is 11.2. The summed E-state index contributed by atoms with van der Waals surface area (Å²) in [5.74, 6) is -0.857. The molecular weight excluding hydrogens is 1260 g/mol. The van der Waals surface area contributed by atoms with Gasteiger partial charge in [-0.25, -0.2) is 14.8 Å². The number of aromatic nitrogens is 2. The molecule has 0 aliphatic carbocycles. The number of nitrogens with two attached hydrogens (primary N) is 1. The molecule has 8 N–H and O–H groups in total. The van der Waals surface area contributed by atoms with Crippen molar-refractivity contribution >= 4 is 67.6 Å². The van der Waals surface area contributed by atoms with Crippen LogP contribution in [0.3, 0.4) is 0 Å². The van der Waals surface area contributed by atoms with Crippen molar-refractivity contribution in [1.82, 2.24) is 31.2 Å². The molecular formula is C60H77F6N13O11S2. The van der Waals surface area contributed by atoms with E-state index in [2.05, 4.69) is 49.1 Å². The molecule has 32 heteroatoms. The number of piperidine rings is 2. The number of benzene rings is 2. The highest BCUT2D eigenvalue weighted by Crippen LogP contribution is 2.39. The van der Waals surface area contributed by atoms with Gasteiger partial charge in [0.05, 0.1) is 23.3 Å². The van der Waals surface area contributed by atoms with Crippen molar-refractivity contribution in [2.45, 2.75) is 121 Å². The van der Waals surface area contributed by atoms with E-state index < -0.39 is 68.4 Å². The fraction of sp³-hybridized carbons (Fsp3) is 0.533. The Morgan fingerprint density at radius 1 is 0.630 bits per heavy atom. The summed E-state index contributed by atoms with van der Waals surface area (Å²) in [6.45, 7) is 4.66. The molecule has 0 saturated carbocycles. The van der Waals surface area contributed by atoms with Gasteiger partial charge in [-0.1, -0.05) is 24.3 Å². The van der Waals surface area contributed by atoms with E-state index in [0.29, 0.717) is 138 Å². The molecule has 2 atom stereocenters. The van der Waals surface area contributed by atoms with Crippen LogP contribution in [0.4, 0.5) is 54.1 Å². The van der Waals surface area contributed by atoms with Gasteiger partial charge in [0.1, 0.15) is 41.0 Å². The Balaban J connectivity index is 0.000000291. The van der Waals surface area contributed by atoms with Crippen molar-refractivity contribution in [2.24, 2.45) is 17.6 Å². The molecule has 0 bridgehead atoms. The molecule has 0 unspecified atom stereocenters. The minimum absolute atomic E-state index is 0.128. The Bertz CT molecular complexity index is 3390. The van der Waals surface area contributed by atoms with E-state index in [1.807, 2.05) is 34.1 Å². The largest absolute Gasteiger partial charge is 0.481 e. The maximum Gasteiger partial charge on any atom is 0.433 e. The summed E-state index contributed by atoms with van der Waals surface area (Å²) >= 11 is 0. The van der Waals surface area contributed by atoms with Crippen LogP contribution in [0.5, 0.6) is 0 Å². The number of carboxylic acids is 1. The predicted molar refractivity (Wildman–Crippen MR) is 328 cm³/mol. The molecule has 2 aromatic heterocycles. The van der Waals surface area contributed by atoms with Crippen molar-refractivity contribution in [1.29, 1.82) is 10.5 Å². The summed E-state index contributed by atoms with van der Waals surface area (Å²) in [4.78, 5) is 63.4. The first-order valence-corrected chi connectivity index (χ1v) is 32.6. The Labute approximate surface area is 531 Å². The van der Waals surface area contributed by atoms with Gasteiger partial charge in [-0.15, -0.1) is 12.6 Å². The normalized spacial score (nSPS) is 16.9. The highest BCUT2D eigenvalue weighted by molar-refractivity contribution is 7.85. The van der Waals surface area contributed by atoms with Crippen molar-refractivity contribution in [3.8, 4) is 12.1 Å². The molecule has 0 spiro atoms. The number of aliphatic carboxylic acids is 1. The number of carbonyl (C=O) groups excluding carboxylic acids is 3. The van der Waals surface area contributed by atoms with Crippen molar-refractivity contribution < 1.29 is 76.2 Å². The molecule has 24 nitrogen and oxygen atoms in total. The number of hydrogen-bond acceptors (Lipinski definition) is 18. The average Bonchev–Trinajstić information content (AvgIpc) is 1.41. The zero-order chi connectivity index (χ0) is 67.6. The van der Waals surface area contributed by atoms with Gasteiger partial charge in [0, 0.05) is 95.9 Å². The van der Waals surface area contributed by atoms with Crippen LogP contribution in [0.2, 0.25) is 0 Å². The average molecular weight is 1330 g/mol. The molecule has 4 saturated heterocycles. The van der Waals surface area contributed by atoms with Crippen molar-refractivity contribution in [2.75, 3.05) is 91.4 Å². The number of rotatable bonds is 21. The number of alkyl halides is 6. The van der Waals surface area contributed by atoms with Gasteiger partial charge in [-0.05, 0) is 149 Å². The number of anilines is 4. The van der Waals surface area contributed by atoms with Gasteiger partial charge < -0.3 is 51.7 Å². The Kier molecular flexibility index (Phi) is 29.2. The summed E-state index contributed by atoms with van der Waals surface area (Å²) in [6.07, 6.45) is 0.927. The highest BCUT2D eigenvalue weighted by Gasteiger charge is 2.39. The number of nitrogens with zero attached hydrogens (tertiary/aromatic N) is 8. The Hall–Kier alpha value is -8.33. The zero-order valence-electron chi connectivity index (χ0n) is 50.7. The van der Waals surface area contributed by atoms with Crippen LogP contribution in [0.15, 0.2) is 72.8 Å². The fourth-order valence-electron chi connectivity index (χ4n) is 11.2. The molecule has 4 fully saturated rings. The lowest BCUT2D eigenvalue weighted by molar-refractivity contribution is -0.141. The molecule has 6 heterocycles. The highest BCUT2D eigenvalue weighted by atomic mass is 32.2. The van der Waals surface area contributed by atoms with E-state index in [4.69, 9.17) is 32.8 Å². The van der Waals surface area contributed by atoms with Gasteiger partial charge >= 0.3 is 35.0 Å². The summed E-state index contributed by atoms with van der Waals surface area (Å²) in [6, 6.07) is 22.5. The first kappa shape index (κ1) is 74.4. The molecule has 502 valence electrons. The van der Waals surface area contributed by atoms with Crippen LogP contribution >= 0.6 is 0 Å². The number of pyridine rings is 2. The number of nitrogens with one attached hydrogen (secondary N) is 4. The first-order valence-electron chi connectivity index (χ1n) is 30.0. The number of carboxylic acid groups (broad SMARTS) is 1. The maximum atomic E-state index is 13.9. The smallest absolute Gasteiger partial charge is 0.433 e. The van der Waals surface area contributed by atoms with Gasteiger partial charge in [0.25, 0.3) is 10.1 Å². The lowest BCUT2D eigenvalue weighted by Gasteiger charge is -2.35. The van der Waals surface area contributed by atoms with E-state index in [1.165, 1.54) is 0 Å². The summed E-state index contributed by atoms with van der Waals surface area (Å²) < 4.78 is 135. The van der Waals surface area contributed by atoms with Crippen molar-refractivity contribution in [3.63, 3.8) is 0 Å². The summed E-state index contributed by atoms with van der Waals surface area (Å²) in [5, 5.41) is 37.9. The van der Waals surface area contributed by atoms with E-state index in [-0.39, 0.29) is 35.9 Å². The lowest BCUT2D eigenvalue weighted by atomic mass is 9.91. The molecule has 92 heavy (non-hydrogen) atoms. The summed E-state index contributed by atoms with van der Waals surface area (Å²) in [7, 11) is -5.43. The van der Waals surface area contributed by atoms with E-state index >= 15 is 0 Å². The quantitative estimate of drug-likeness (QED) is 0.0257. The number of urea groups is 1. The Morgan fingerprint density at radius 3 is 1.35 bits per heavy atom. The van der Waals surface area contributed by atoms with E-state index in [1.54, 1.807) is 53.2 Å². The lowest BCUT2D eigenvalue weighted by Crippen LogP contribution is -2.44. The van der Waals surface area contributed by atoms with Crippen LogP contribution in [-0.4, -0.2) is 148 Å². The first-order chi connectivity index (χ1) is 43.6. The number of nitriles is 2. The number of halogens is 6. The van der Waals surface area contributed by atoms with Crippen LogP contribution < -0.4 is 46.6 Å². The SMILES string of the molecule is CNC(=O)NCCCC1CCN(c2cc(N3CCC[C@H]3C(=O)NCCc3ccc(C#N)cc3)nc(C(F)(F)F)c2)CC1.N#Cc1ccc(CCNC(=O)[C@@H]2CCCN2c2cc(N3CCC(CCCC(=O)O)CC3)cc(C(F)(F)F)n2)cc1.NCS(=O)(=O)O.O=S(=O)=O. The van der Waals surface area contributed by atoms with Crippen LogP contribution in [0.25, 0.3) is 0 Å². The van der Waals surface area contributed by atoms with Crippen LogP contribution in [-0.2, 0) is 60.3 Å². The second-order valence-electron chi connectivity index (χ2n) is 22.3. The molecule has 8 rings (SSSR count). The van der Waals surface area contributed by atoms with Crippen LogP contribution in [0, 0.1) is 34.5 Å². The molecule has 4 amide bonds. The van der Waals surface area contributed by atoms with Gasteiger partial charge in [0.2, 0.25) is 11.8 Å². The Morgan fingerprint density at radius 2 is 1.01 bits per heavy atom. The molecule has 0 radical (unpaired) electrons. The second kappa shape index (κ2) is 36.1. The number of hydrogen-bond donors (Lipinski definition) is 7. The molecule has 2 aromatic carbocycles. The zero-order valence-corrected chi connectivity index (χ0v) is 52.4. The third kappa shape index (κ3) is 25.0. The standard InChI is InChI=1S/C30H38F3N7O2.C29H34F3N5O3.CH5NO3S.O3S/c1-35-29(42)37-13-2-4-21-11-16-39(17-12-21)24-18-26(30(31,32)33)38-27(19-24)40-15-3-5-25(40)28(41)36-14-10-22-6-8-23(20-34)9-7-22;30-29(31,32)25-17-23(36-15-11-20(12-16-36)3-1-5-27(38)39)18-26(35-25)37-14-2-4-24(37)28(40)34-13-10-21-6-8-22(19-33)9-7-21;2-1-6(3,4)5;1-4(2)3/h6-9,18-19,21,25H,2-5,10-17H2,1H3,(H,36,41)(H2,35,37,42);6-9,17-18,20,24H,1-5,10-16H2,(H,34,40)(H,38,39);1-2H2,(H,3,4,5);/t25-;24-;;/m00../s1. The second-order valence-corrected chi connectivity index (χ2v) is 24.2. The monoisotopic (exact) mass is 1330 g/mol. The van der Waals surface area contributed by atoms with Gasteiger partial charge in [0.15, 0.2) is 0 Å². The van der Waals surface area contributed by atoms with Crippen LogP contribution in [0.1, 0.15) is 117 Å². The van der Waals surface area contributed by atoms with E-state index in [9.17, 15) is 53.9 Å². The number of amides is 4. The summed E-state index contributed by atoms with van der Waals surface area (Å²) in [5.41, 5.74) is 6.52.